The first-order valence-electron chi connectivity index (χ1n) is 10.7. The molecule has 6 nitrogen and oxygen atoms in total. The predicted octanol–water partition coefficient (Wildman–Crippen LogP) is 6.65. The molecule has 0 fully saturated rings. The third-order valence-corrected chi connectivity index (χ3v) is 5.31. The molecular formula is C27H19F2N5O. The van der Waals surface area contributed by atoms with E-state index in [0.29, 0.717) is 22.3 Å². The van der Waals surface area contributed by atoms with Crippen LogP contribution in [0.5, 0.6) is 0 Å². The Morgan fingerprint density at radius 1 is 0.714 bits per heavy atom. The summed E-state index contributed by atoms with van der Waals surface area (Å²) in [5, 5.41) is 9.41. The predicted molar refractivity (Wildman–Crippen MR) is 133 cm³/mol. The molecule has 0 spiro atoms. The monoisotopic (exact) mass is 467 g/mol. The van der Waals surface area contributed by atoms with E-state index in [4.69, 9.17) is 0 Å². The molecule has 2 aromatic heterocycles. The zero-order chi connectivity index (χ0) is 24.2. The molecule has 3 N–H and O–H groups in total. The van der Waals surface area contributed by atoms with Crippen LogP contribution in [0, 0.1) is 11.6 Å². The number of carbonyl (C=O) groups excluding carboxylic acids is 1. The number of nitrogens with one attached hydrogen (secondary N) is 3. The number of amides is 1. The summed E-state index contributed by atoms with van der Waals surface area (Å²) in [7, 11) is 0. The van der Waals surface area contributed by atoms with E-state index in [0.717, 1.165) is 11.4 Å². The van der Waals surface area contributed by atoms with Gasteiger partial charge in [-0.05, 0) is 66.7 Å². The van der Waals surface area contributed by atoms with Gasteiger partial charge in [0.1, 0.15) is 5.82 Å². The first-order valence-corrected chi connectivity index (χ1v) is 10.7. The number of pyridine rings is 2. The topological polar surface area (TPSA) is 78.9 Å². The Morgan fingerprint density at radius 3 is 2.37 bits per heavy atom. The molecule has 1 amide bonds. The van der Waals surface area contributed by atoms with Gasteiger partial charge in [-0.25, -0.2) is 8.78 Å². The Hall–Kier alpha value is -4.85. The van der Waals surface area contributed by atoms with Gasteiger partial charge < -0.3 is 16.0 Å². The average molecular weight is 467 g/mol. The molecule has 5 aromatic rings. The molecule has 0 aliphatic carbocycles. The quantitative estimate of drug-likeness (QED) is 0.261. The molecule has 0 radical (unpaired) electrons. The molecule has 0 aliphatic heterocycles. The van der Waals surface area contributed by atoms with Crippen LogP contribution in [0.15, 0.2) is 97.5 Å². The molecular weight excluding hydrogens is 448 g/mol. The number of halogens is 2. The van der Waals surface area contributed by atoms with Crippen LogP contribution in [-0.2, 0) is 0 Å². The van der Waals surface area contributed by atoms with Crippen molar-refractivity contribution in [1.82, 2.24) is 9.97 Å². The lowest BCUT2D eigenvalue weighted by atomic mass is 10.1. The van der Waals surface area contributed by atoms with E-state index in [9.17, 15) is 9.18 Å². The molecule has 0 atom stereocenters. The lowest BCUT2D eigenvalue weighted by Gasteiger charge is -2.13. The SMILES string of the molecule is O=C(Nc1cccc(Nc2ccncc2)c1)c1cccc(Nc2ccnc3ccc(F)cc23)c1F. The van der Waals surface area contributed by atoms with Crippen molar-refractivity contribution in [3.63, 3.8) is 0 Å². The number of benzene rings is 3. The number of carbonyl (C=O) groups is 1. The van der Waals surface area contributed by atoms with E-state index in [1.165, 1.54) is 24.3 Å². The normalized spacial score (nSPS) is 10.7. The van der Waals surface area contributed by atoms with Gasteiger partial charge in [0, 0.05) is 46.7 Å². The van der Waals surface area contributed by atoms with Gasteiger partial charge in [-0.1, -0.05) is 12.1 Å². The highest BCUT2D eigenvalue weighted by atomic mass is 19.1. The van der Waals surface area contributed by atoms with Gasteiger partial charge >= 0.3 is 0 Å². The standard InChI is InChI=1S/C27H19F2N5O/c28-17-7-8-23-22(15-17)24(11-14-31-23)34-25-6-2-5-21(26(25)29)27(35)33-20-4-1-3-19(16-20)32-18-9-12-30-13-10-18/h1-16H,(H,30,32)(H,31,34)(H,33,35). The minimum atomic E-state index is -0.725. The van der Waals surface area contributed by atoms with Crippen molar-refractivity contribution in [3.8, 4) is 0 Å². The number of aromatic nitrogens is 2. The second-order valence-corrected chi connectivity index (χ2v) is 7.71. The van der Waals surface area contributed by atoms with E-state index in [-0.39, 0.29) is 11.3 Å². The maximum absolute atomic E-state index is 15.3. The number of fused-ring (bicyclic) bond motifs is 1. The van der Waals surface area contributed by atoms with Crippen LogP contribution >= 0.6 is 0 Å². The first kappa shape index (κ1) is 22.0. The third kappa shape index (κ3) is 4.91. The molecule has 2 heterocycles. The van der Waals surface area contributed by atoms with Crippen molar-refractivity contribution in [1.29, 1.82) is 0 Å². The van der Waals surface area contributed by atoms with Crippen molar-refractivity contribution in [2.45, 2.75) is 0 Å². The van der Waals surface area contributed by atoms with Gasteiger partial charge in [0.2, 0.25) is 0 Å². The Morgan fingerprint density at radius 2 is 1.51 bits per heavy atom. The summed E-state index contributed by atoms with van der Waals surface area (Å²) in [6.45, 7) is 0. The van der Waals surface area contributed by atoms with Gasteiger partial charge in [0.05, 0.1) is 16.8 Å². The second kappa shape index (κ2) is 9.56. The van der Waals surface area contributed by atoms with E-state index in [2.05, 4.69) is 25.9 Å². The van der Waals surface area contributed by atoms with Crippen molar-refractivity contribution in [3.05, 3.63) is 115 Å². The zero-order valence-electron chi connectivity index (χ0n) is 18.3. The van der Waals surface area contributed by atoms with Crippen LogP contribution in [0.1, 0.15) is 10.4 Å². The number of rotatable bonds is 6. The fourth-order valence-corrected chi connectivity index (χ4v) is 3.65. The maximum atomic E-state index is 15.3. The van der Waals surface area contributed by atoms with Crippen LogP contribution < -0.4 is 16.0 Å². The Kier molecular flexibility index (Phi) is 6.00. The summed E-state index contributed by atoms with van der Waals surface area (Å²) < 4.78 is 29.1. The summed E-state index contributed by atoms with van der Waals surface area (Å²) in [6.07, 6.45) is 4.88. The fourth-order valence-electron chi connectivity index (χ4n) is 3.65. The summed E-state index contributed by atoms with van der Waals surface area (Å²) >= 11 is 0. The molecule has 0 unspecified atom stereocenters. The first-order chi connectivity index (χ1) is 17.1. The van der Waals surface area contributed by atoms with Crippen molar-refractivity contribution >= 4 is 45.2 Å². The van der Waals surface area contributed by atoms with Gasteiger partial charge in [-0.2, -0.15) is 0 Å². The third-order valence-electron chi connectivity index (χ3n) is 5.31. The number of anilines is 5. The molecule has 3 aromatic carbocycles. The van der Waals surface area contributed by atoms with Crippen LogP contribution in [0.25, 0.3) is 10.9 Å². The highest BCUT2D eigenvalue weighted by Gasteiger charge is 2.16. The van der Waals surface area contributed by atoms with Gasteiger partial charge in [-0.3, -0.25) is 14.8 Å². The van der Waals surface area contributed by atoms with Crippen molar-refractivity contribution in [2.24, 2.45) is 0 Å². The fraction of sp³-hybridized carbons (Fsp3) is 0. The van der Waals surface area contributed by atoms with Gasteiger partial charge in [-0.15, -0.1) is 0 Å². The minimum absolute atomic E-state index is 0.0857. The van der Waals surface area contributed by atoms with Gasteiger partial charge in [0.25, 0.3) is 5.91 Å². The van der Waals surface area contributed by atoms with Crippen molar-refractivity contribution < 1.29 is 13.6 Å². The highest BCUT2D eigenvalue weighted by Crippen LogP contribution is 2.29. The molecule has 0 aliphatic rings. The summed E-state index contributed by atoms with van der Waals surface area (Å²) in [5.74, 6) is -1.75. The van der Waals surface area contributed by atoms with Crippen LogP contribution in [0.2, 0.25) is 0 Å². The van der Waals surface area contributed by atoms with E-state index >= 15 is 4.39 Å². The Bertz CT molecular complexity index is 1530. The van der Waals surface area contributed by atoms with Crippen LogP contribution in [-0.4, -0.2) is 15.9 Å². The number of nitrogens with zero attached hydrogens (tertiary/aromatic N) is 2. The largest absolute Gasteiger partial charge is 0.355 e. The highest BCUT2D eigenvalue weighted by molar-refractivity contribution is 6.05. The molecule has 8 heteroatoms. The van der Waals surface area contributed by atoms with Crippen molar-refractivity contribution in [2.75, 3.05) is 16.0 Å². The molecule has 172 valence electrons. The average Bonchev–Trinajstić information content (AvgIpc) is 2.86. The summed E-state index contributed by atoms with van der Waals surface area (Å²) in [5.41, 5.74) is 3.09. The molecule has 35 heavy (non-hydrogen) atoms. The van der Waals surface area contributed by atoms with E-state index in [1.807, 2.05) is 18.2 Å². The molecule has 0 bridgehead atoms. The Balaban J connectivity index is 1.37. The second-order valence-electron chi connectivity index (χ2n) is 7.71. The summed E-state index contributed by atoms with van der Waals surface area (Å²) in [4.78, 5) is 21.1. The zero-order valence-corrected chi connectivity index (χ0v) is 18.3. The summed E-state index contributed by atoms with van der Waals surface area (Å²) in [6, 6.07) is 21.0. The minimum Gasteiger partial charge on any atom is -0.355 e. The number of hydrogen-bond donors (Lipinski definition) is 3. The van der Waals surface area contributed by atoms with E-state index < -0.39 is 17.5 Å². The Labute approximate surface area is 199 Å². The molecule has 0 saturated heterocycles. The lowest BCUT2D eigenvalue weighted by molar-refractivity contribution is 0.102. The molecule has 0 saturated carbocycles. The maximum Gasteiger partial charge on any atom is 0.258 e. The smallest absolute Gasteiger partial charge is 0.258 e. The van der Waals surface area contributed by atoms with E-state index in [1.54, 1.807) is 55.0 Å². The van der Waals surface area contributed by atoms with Crippen LogP contribution in [0.4, 0.5) is 37.2 Å². The number of hydrogen-bond acceptors (Lipinski definition) is 5. The van der Waals surface area contributed by atoms with Gasteiger partial charge in [0.15, 0.2) is 5.82 Å². The lowest BCUT2D eigenvalue weighted by Crippen LogP contribution is -2.14. The van der Waals surface area contributed by atoms with Crippen LogP contribution in [0.3, 0.4) is 0 Å². The molecule has 5 rings (SSSR count).